The molecule has 0 aliphatic heterocycles. The lowest BCUT2D eigenvalue weighted by Gasteiger charge is -2.19. The maximum absolute atomic E-state index is 11.7. The van der Waals surface area contributed by atoms with Crippen molar-refractivity contribution in [2.24, 2.45) is 5.92 Å². The molecule has 0 fully saturated rings. The normalized spacial score (nSPS) is 12.7. The van der Waals surface area contributed by atoms with E-state index in [1.54, 1.807) is 0 Å². The lowest BCUT2D eigenvalue weighted by atomic mass is 10.1. The van der Waals surface area contributed by atoms with Crippen molar-refractivity contribution in [1.82, 2.24) is 5.32 Å². The van der Waals surface area contributed by atoms with Crippen LogP contribution in [0.25, 0.3) is 0 Å². The molecule has 0 aliphatic carbocycles. The molecule has 0 radical (unpaired) electrons. The van der Waals surface area contributed by atoms with Crippen LogP contribution in [0.3, 0.4) is 0 Å². The number of carbonyl (C=O) groups excluding carboxylic acids is 1. The zero-order valence-corrected chi connectivity index (χ0v) is 13.9. The van der Waals surface area contributed by atoms with E-state index in [4.69, 9.17) is 0 Å². The van der Waals surface area contributed by atoms with Gasteiger partial charge in [0.15, 0.2) is 0 Å². The molecule has 0 saturated heterocycles. The van der Waals surface area contributed by atoms with Gasteiger partial charge in [0.2, 0.25) is 5.91 Å². The van der Waals surface area contributed by atoms with E-state index < -0.39 is 0 Å². The van der Waals surface area contributed by atoms with Crippen molar-refractivity contribution >= 4 is 21.8 Å². The SMILES string of the molecule is CCCCCCCCCC(=O)NC(CBr)C(C)C. The lowest BCUT2D eigenvalue weighted by molar-refractivity contribution is -0.122. The van der Waals surface area contributed by atoms with Gasteiger partial charge in [-0.1, -0.05) is 75.2 Å². The summed E-state index contributed by atoms with van der Waals surface area (Å²) in [5.74, 6) is 0.698. The summed E-state index contributed by atoms with van der Waals surface area (Å²) in [6, 6.07) is 0.266. The molecule has 2 nitrogen and oxygen atoms in total. The summed E-state index contributed by atoms with van der Waals surface area (Å²) >= 11 is 3.45. The molecule has 0 heterocycles. The first-order chi connectivity index (χ1) is 8.61. The highest BCUT2D eigenvalue weighted by molar-refractivity contribution is 9.09. The van der Waals surface area contributed by atoms with Crippen LogP contribution in [-0.4, -0.2) is 17.3 Å². The summed E-state index contributed by atoms with van der Waals surface area (Å²) in [6.45, 7) is 6.51. The number of hydrogen-bond donors (Lipinski definition) is 1. The van der Waals surface area contributed by atoms with Gasteiger partial charge in [0.25, 0.3) is 0 Å². The lowest BCUT2D eigenvalue weighted by Crippen LogP contribution is -2.39. The Bertz CT molecular complexity index is 207. The summed E-state index contributed by atoms with van der Waals surface area (Å²) in [5.41, 5.74) is 0. The Hall–Kier alpha value is -0.0500. The molecular formula is C15H30BrNO. The topological polar surface area (TPSA) is 29.1 Å². The molecule has 0 aromatic rings. The van der Waals surface area contributed by atoms with Crippen LogP contribution in [0, 0.1) is 5.92 Å². The molecule has 0 aromatic heterocycles. The number of alkyl halides is 1. The fourth-order valence-corrected chi connectivity index (χ4v) is 2.81. The van der Waals surface area contributed by atoms with Gasteiger partial charge in [-0.25, -0.2) is 0 Å². The highest BCUT2D eigenvalue weighted by Crippen LogP contribution is 2.09. The van der Waals surface area contributed by atoms with E-state index in [1.807, 2.05) is 0 Å². The van der Waals surface area contributed by atoms with E-state index in [2.05, 4.69) is 42.0 Å². The molecule has 1 N–H and O–H groups in total. The van der Waals surface area contributed by atoms with Gasteiger partial charge in [-0.05, 0) is 12.3 Å². The predicted molar refractivity (Wildman–Crippen MR) is 83.2 cm³/mol. The third kappa shape index (κ3) is 9.93. The quantitative estimate of drug-likeness (QED) is 0.435. The van der Waals surface area contributed by atoms with Crippen LogP contribution < -0.4 is 5.32 Å². The van der Waals surface area contributed by atoms with Gasteiger partial charge in [0.1, 0.15) is 0 Å². The highest BCUT2D eigenvalue weighted by atomic mass is 79.9. The first kappa shape index (κ1) is 17.9. The van der Waals surface area contributed by atoms with E-state index in [0.717, 1.165) is 11.8 Å². The van der Waals surface area contributed by atoms with Gasteiger partial charge in [0.05, 0.1) is 0 Å². The smallest absolute Gasteiger partial charge is 0.220 e. The van der Waals surface area contributed by atoms with E-state index in [-0.39, 0.29) is 11.9 Å². The summed E-state index contributed by atoms with van der Waals surface area (Å²) < 4.78 is 0. The third-order valence-electron chi connectivity index (χ3n) is 3.32. The van der Waals surface area contributed by atoms with Crippen LogP contribution in [0.4, 0.5) is 0 Å². The molecule has 1 unspecified atom stereocenters. The van der Waals surface area contributed by atoms with E-state index in [9.17, 15) is 4.79 Å². The summed E-state index contributed by atoms with van der Waals surface area (Å²) in [7, 11) is 0. The number of amides is 1. The minimum absolute atomic E-state index is 0.210. The summed E-state index contributed by atoms with van der Waals surface area (Å²) in [6.07, 6.45) is 9.51. The average Bonchev–Trinajstić information content (AvgIpc) is 2.34. The Morgan fingerprint density at radius 3 is 2.11 bits per heavy atom. The van der Waals surface area contributed by atoms with Crippen LogP contribution in [0.1, 0.15) is 72.1 Å². The number of hydrogen-bond acceptors (Lipinski definition) is 1. The van der Waals surface area contributed by atoms with Crippen molar-refractivity contribution in [3.8, 4) is 0 Å². The molecule has 0 aliphatic rings. The Morgan fingerprint density at radius 2 is 1.61 bits per heavy atom. The molecule has 0 aromatic carbocycles. The van der Waals surface area contributed by atoms with Crippen molar-refractivity contribution in [2.45, 2.75) is 78.2 Å². The molecule has 0 bridgehead atoms. The van der Waals surface area contributed by atoms with Crippen molar-refractivity contribution < 1.29 is 4.79 Å². The first-order valence-corrected chi connectivity index (χ1v) is 8.59. The van der Waals surface area contributed by atoms with Gasteiger partial charge in [-0.2, -0.15) is 0 Å². The number of halogens is 1. The molecule has 1 atom stereocenters. The average molecular weight is 320 g/mol. The zero-order valence-electron chi connectivity index (χ0n) is 12.3. The van der Waals surface area contributed by atoms with Crippen molar-refractivity contribution in [3.05, 3.63) is 0 Å². The summed E-state index contributed by atoms with van der Waals surface area (Å²) in [5, 5.41) is 3.93. The standard InChI is InChI=1S/C15H30BrNO/c1-4-5-6-7-8-9-10-11-15(18)17-14(12-16)13(2)3/h13-14H,4-12H2,1-3H3,(H,17,18). The first-order valence-electron chi connectivity index (χ1n) is 7.47. The second-order valence-electron chi connectivity index (χ2n) is 5.44. The highest BCUT2D eigenvalue weighted by Gasteiger charge is 2.13. The molecule has 0 rings (SSSR count). The van der Waals surface area contributed by atoms with E-state index in [1.165, 1.54) is 38.5 Å². The number of rotatable bonds is 11. The van der Waals surface area contributed by atoms with Gasteiger partial charge < -0.3 is 5.32 Å². The third-order valence-corrected chi connectivity index (χ3v) is 4.02. The molecule has 18 heavy (non-hydrogen) atoms. The Morgan fingerprint density at radius 1 is 1.06 bits per heavy atom. The monoisotopic (exact) mass is 319 g/mol. The molecule has 0 spiro atoms. The fraction of sp³-hybridized carbons (Fsp3) is 0.933. The maximum Gasteiger partial charge on any atom is 0.220 e. The second kappa shape index (κ2) is 12.0. The van der Waals surface area contributed by atoms with Gasteiger partial charge in [-0.15, -0.1) is 0 Å². The molecule has 1 amide bonds. The Balaban J connectivity index is 3.47. The zero-order chi connectivity index (χ0) is 13.8. The van der Waals surface area contributed by atoms with Gasteiger partial charge >= 0.3 is 0 Å². The van der Waals surface area contributed by atoms with Crippen molar-refractivity contribution in [2.75, 3.05) is 5.33 Å². The Kier molecular flexibility index (Phi) is 12.0. The molecule has 0 saturated carbocycles. The predicted octanol–water partition coefficient (Wildman–Crippen LogP) is 4.66. The molecule has 3 heteroatoms. The Labute approximate surface area is 121 Å². The minimum Gasteiger partial charge on any atom is -0.352 e. The van der Waals surface area contributed by atoms with Gasteiger partial charge in [0, 0.05) is 17.8 Å². The number of carbonyl (C=O) groups is 1. The molecular weight excluding hydrogens is 290 g/mol. The van der Waals surface area contributed by atoms with Crippen LogP contribution >= 0.6 is 15.9 Å². The van der Waals surface area contributed by atoms with Crippen molar-refractivity contribution in [3.63, 3.8) is 0 Å². The van der Waals surface area contributed by atoms with E-state index in [0.29, 0.717) is 12.3 Å². The van der Waals surface area contributed by atoms with Crippen molar-refractivity contribution in [1.29, 1.82) is 0 Å². The largest absolute Gasteiger partial charge is 0.352 e. The molecule has 108 valence electrons. The van der Waals surface area contributed by atoms with Crippen LogP contribution in [0.5, 0.6) is 0 Å². The minimum atomic E-state index is 0.210. The van der Waals surface area contributed by atoms with Gasteiger partial charge in [-0.3, -0.25) is 4.79 Å². The number of unbranched alkanes of at least 4 members (excludes halogenated alkanes) is 6. The summed E-state index contributed by atoms with van der Waals surface area (Å²) in [4.78, 5) is 11.7. The van der Waals surface area contributed by atoms with Crippen LogP contribution in [-0.2, 0) is 4.79 Å². The second-order valence-corrected chi connectivity index (χ2v) is 6.09. The van der Waals surface area contributed by atoms with E-state index >= 15 is 0 Å². The maximum atomic E-state index is 11.7. The van der Waals surface area contributed by atoms with Crippen LogP contribution in [0.2, 0.25) is 0 Å². The number of nitrogens with one attached hydrogen (secondary N) is 1. The van der Waals surface area contributed by atoms with Crippen LogP contribution in [0.15, 0.2) is 0 Å². The fourth-order valence-electron chi connectivity index (χ4n) is 1.91.